The number of nitrogens with one attached hydrogen (secondary N) is 1. The average Bonchev–Trinajstić information content (AvgIpc) is 3.41. The first-order chi connectivity index (χ1) is 16.8. The minimum absolute atomic E-state index is 0.201. The lowest BCUT2D eigenvalue weighted by Crippen LogP contribution is -2.16. The maximum atomic E-state index is 12.7. The largest absolute Gasteiger partial charge is 0.416 e. The molecule has 1 aliphatic heterocycles. The lowest BCUT2D eigenvalue weighted by molar-refractivity contribution is -0.137. The summed E-state index contributed by atoms with van der Waals surface area (Å²) in [5.74, 6) is -0.906. The monoisotopic (exact) mass is 551 g/mol. The molecule has 4 N–H and O–H groups in total. The van der Waals surface area contributed by atoms with E-state index in [0.29, 0.717) is 35.4 Å². The quantitative estimate of drug-likeness (QED) is 0.287. The van der Waals surface area contributed by atoms with Crippen LogP contribution in [0.25, 0.3) is 11.2 Å². The Morgan fingerprint density at radius 1 is 1.11 bits per heavy atom. The van der Waals surface area contributed by atoms with Crippen LogP contribution in [-0.2, 0) is 31.1 Å². The minimum Gasteiger partial charge on any atom is -0.364 e. The molecule has 17 heteroatoms. The number of benzene rings is 1. The summed E-state index contributed by atoms with van der Waals surface area (Å²) >= 11 is 0. The topological polar surface area (TPSA) is 169 Å². The fourth-order valence-electron chi connectivity index (χ4n) is 3.68. The Hall–Kier alpha value is -2.38. The molecule has 196 valence electrons. The lowest BCUT2D eigenvalue weighted by Gasteiger charge is -2.17. The van der Waals surface area contributed by atoms with Crippen LogP contribution in [0.4, 0.5) is 19.0 Å². The fraction of sp³-hybridized carbons (Fsp3) is 0.421. The molecule has 0 radical (unpaired) electrons. The standard InChI is InChI=1S/C19H22F3N5O7P2/c20-19(21,22)13-3-1-12(2-4-13)7-23-17-16-18(25-9-24-17)27(10-26-16)15-6-5-14(34-15)8-33-36(31,32)11-35(28,29)30/h1-4,9-10,14-15H,5-8,11H2,(H,31,32)(H,23,24,25)(H2,28,29,30)/t14-,15+/m0/s1. The van der Waals surface area contributed by atoms with E-state index in [9.17, 15) is 27.2 Å². The summed E-state index contributed by atoms with van der Waals surface area (Å²) in [4.78, 5) is 40.1. The molecule has 0 aliphatic carbocycles. The van der Waals surface area contributed by atoms with Gasteiger partial charge in [0.1, 0.15) is 12.6 Å². The van der Waals surface area contributed by atoms with E-state index in [2.05, 4.69) is 20.3 Å². The Bertz CT molecular complexity index is 1310. The number of rotatable bonds is 9. The minimum atomic E-state index is -4.72. The Balaban J connectivity index is 1.39. The summed E-state index contributed by atoms with van der Waals surface area (Å²) in [5.41, 5.74) is 0.712. The van der Waals surface area contributed by atoms with Crippen LogP contribution in [0.5, 0.6) is 0 Å². The van der Waals surface area contributed by atoms with Gasteiger partial charge in [-0.25, -0.2) is 15.0 Å². The number of imidazole rings is 1. The summed E-state index contributed by atoms with van der Waals surface area (Å²) in [6.45, 7) is -0.127. The highest BCUT2D eigenvalue weighted by Crippen LogP contribution is 2.55. The molecule has 1 aliphatic rings. The number of hydrogen-bond donors (Lipinski definition) is 4. The van der Waals surface area contributed by atoms with Crippen molar-refractivity contribution < 1.29 is 46.2 Å². The predicted octanol–water partition coefficient (Wildman–Crippen LogP) is 3.47. The predicted molar refractivity (Wildman–Crippen MR) is 120 cm³/mol. The number of fused-ring (bicyclic) bond motifs is 1. The zero-order valence-electron chi connectivity index (χ0n) is 18.4. The van der Waals surface area contributed by atoms with E-state index < -0.39 is 45.2 Å². The molecule has 0 bridgehead atoms. The normalized spacial score (nSPS) is 20.5. The Labute approximate surface area is 202 Å². The van der Waals surface area contributed by atoms with Crippen LogP contribution in [0.3, 0.4) is 0 Å². The van der Waals surface area contributed by atoms with Crippen molar-refractivity contribution >= 4 is 32.2 Å². The summed E-state index contributed by atoms with van der Waals surface area (Å²) in [6, 6.07) is 4.74. The zero-order chi connectivity index (χ0) is 26.1. The summed E-state index contributed by atoms with van der Waals surface area (Å²) < 4.78 is 73.3. The molecule has 1 unspecified atom stereocenters. The smallest absolute Gasteiger partial charge is 0.364 e. The molecule has 3 aromatic rings. The number of alkyl halides is 3. The van der Waals surface area contributed by atoms with Crippen molar-refractivity contribution in [2.75, 3.05) is 17.8 Å². The van der Waals surface area contributed by atoms with Crippen molar-refractivity contribution in [3.05, 3.63) is 48.0 Å². The van der Waals surface area contributed by atoms with Crippen molar-refractivity contribution in [1.29, 1.82) is 0 Å². The SMILES string of the molecule is O=P(O)(O)CP(=O)(O)OC[C@@H]1CC[C@H](n2cnc3c(NCc4ccc(C(F)(F)F)cc4)ncnc32)O1. The van der Waals surface area contributed by atoms with Crippen molar-refractivity contribution in [3.8, 4) is 0 Å². The molecule has 2 aromatic heterocycles. The van der Waals surface area contributed by atoms with Crippen molar-refractivity contribution in [2.45, 2.75) is 37.9 Å². The van der Waals surface area contributed by atoms with E-state index in [1.165, 1.54) is 24.8 Å². The second-order valence-electron chi connectivity index (χ2n) is 8.12. The maximum absolute atomic E-state index is 12.7. The van der Waals surface area contributed by atoms with E-state index in [-0.39, 0.29) is 13.2 Å². The molecule has 1 saturated heterocycles. The number of ether oxygens (including phenoxy) is 1. The molecule has 12 nitrogen and oxygen atoms in total. The highest BCUT2D eigenvalue weighted by molar-refractivity contribution is 7.70. The van der Waals surface area contributed by atoms with Gasteiger partial charge >= 0.3 is 21.4 Å². The molecular weight excluding hydrogens is 529 g/mol. The fourth-order valence-corrected chi connectivity index (χ4v) is 6.26. The number of hydrogen-bond acceptors (Lipinski definition) is 8. The van der Waals surface area contributed by atoms with Gasteiger partial charge in [-0.1, -0.05) is 12.1 Å². The second kappa shape index (κ2) is 10.2. The van der Waals surface area contributed by atoms with E-state index in [1.807, 2.05) is 0 Å². The average molecular weight is 551 g/mol. The maximum Gasteiger partial charge on any atom is 0.416 e. The second-order valence-corrected chi connectivity index (χ2v) is 12.1. The van der Waals surface area contributed by atoms with Gasteiger partial charge in [-0.15, -0.1) is 0 Å². The van der Waals surface area contributed by atoms with Gasteiger partial charge in [-0.3, -0.25) is 13.7 Å². The van der Waals surface area contributed by atoms with Crippen LogP contribution >= 0.6 is 15.2 Å². The van der Waals surface area contributed by atoms with E-state index in [0.717, 1.165) is 12.1 Å². The highest BCUT2D eigenvalue weighted by atomic mass is 31.2. The van der Waals surface area contributed by atoms with Crippen LogP contribution in [0.15, 0.2) is 36.9 Å². The van der Waals surface area contributed by atoms with Gasteiger partial charge in [0.2, 0.25) is 0 Å². The molecule has 0 saturated carbocycles. The van der Waals surface area contributed by atoms with Gasteiger partial charge in [-0.05, 0) is 30.5 Å². The van der Waals surface area contributed by atoms with Gasteiger partial charge in [0, 0.05) is 6.54 Å². The van der Waals surface area contributed by atoms with Gasteiger partial charge in [-0.2, -0.15) is 13.2 Å². The third kappa shape index (κ3) is 6.68. The van der Waals surface area contributed by atoms with Crippen molar-refractivity contribution in [1.82, 2.24) is 19.5 Å². The van der Waals surface area contributed by atoms with Crippen LogP contribution in [0.1, 0.15) is 30.2 Å². The molecule has 1 fully saturated rings. The van der Waals surface area contributed by atoms with Crippen LogP contribution in [-0.4, -0.2) is 52.8 Å². The first-order valence-electron chi connectivity index (χ1n) is 10.5. The first kappa shape index (κ1) is 26.7. The van der Waals surface area contributed by atoms with E-state index in [1.54, 1.807) is 4.57 Å². The molecule has 36 heavy (non-hydrogen) atoms. The molecule has 0 spiro atoms. The van der Waals surface area contributed by atoms with Crippen LogP contribution in [0.2, 0.25) is 0 Å². The van der Waals surface area contributed by atoms with Crippen LogP contribution < -0.4 is 5.32 Å². The molecule has 1 aromatic carbocycles. The van der Waals surface area contributed by atoms with Gasteiger partial charge < -0.3 is 29.3 Å². The Kier molecular flexibility index (Phi) is 7.54. The Morgan fingerprint density at radius 2 is 1.83 bits per heavy atom. The third-order valence-corrected chi connectivity index (χ3v) is 8.78. The Morgan fingerprint density at radius 3 is 2.50 bits per heavy atom. The lowest BCUT2D eigenvalue weighted by atomic mass is 10.1. The summed E-state index contributed by atoms with van der Waals surface area (Å²) in [6.07, 6.45) is -1.80. The molecule has 4 rings (SSSR count). The van der Waals surface area contributed by atoms with Gasteiger partial charge in [0.15, 0.2) is 22.9 Å². The van der Waals surface area contributed by atoms with Crippen molar-refractivity contribution in [2.24, 2.45) is 0 Å². The van der Waals surface area contributed by atoms with Gasteiger partial charge in [0.25, 0.3) is 0 Å². The number of halogens is 3. The van der Waals surface area contributed by atoms with Gasteiger partial charge in [0.05, 0.1) is 24.6 Å². The van der Waals surface area contributed by atoms with Crippen molar-refractivity contribution in [3.63, 3.8) is 0 Å². The van der Waals surface area contributed by atoms with E-state index >= 15 is 0 Å². The molecule has 0 amide bonds. The molecule has 3 heterocycles. The zero-order valence-corrected chi connectivity index (χ0v) is 20.2. The highest BCUT2D eigenvalue weighted by Gasteiger charge is 2.34. The number of nitrogens with zero attached hydrogens (tertiary/aromatic N) is 4. The van der Waals surface area contributed by atoms with Crippen LogP contribution in [0, 0.1) is 0 Å². The summed E-state index contributed by atoms with van der Waals surface area (Å²) in [7, 11) is -9.21. The third-order valence-electron chi connectivity index (χ3n) is 5.32. The number of anilines is 1. The number of aromatic nitrogens is 4. The first-order valence-corrected chi connectivity index (χ1v) is 14.1. The molecular formula is C19H22F3N5O7P2. The van der Waals surface area contributed by atoms with E-state index in [4.69, 9.17) is 19.0 Å². The summed E-state index contributed by atoms with van der Waals surface area (Å²) in [5, 5.41) is 3.04. The molecule has 3 atom stereocenters.